The molecule has 1 aliphatic rings. The molecule has 1 aromatic rings. The van der Waals surface area contributed by atoms with Gasteiger partial charge in [0.15, 0.2) is 0 Å². The lowest BCUT2D eigenvalue weighted by Gasteiger charge is -2.28. The van der Waals surface area contributed by atoms with Gasteiger partial charge in [-0.05, 0) is 44.9 Å². The third kappa shape index (κ3) is 4.09. The summed E-state index contributed by atoms with van der Waals surface area (Å²) in [4.78, 5) is 4.50. The van der Waals surface area contributed by atoms with Crippen molar-refractivity contribution in [3.63, 3.8) is 0 Å². The standard InChI is InChI=1S/C14H21Cl2N3S/c1-3-17-13-11(15)8-12(16)14(19-13)18-9-4-6-10(20-2)7-5-9/h8-10H,3-7H2,1-2H3,(H2,17,18,19). The molecule has 2 N–H and O–H groups in total. The number of aromatic nitrogens is 1. The number of anilines is 2. The molecule has 0 amide bonds. The normalized spacial score (nSPS) is 22.6. The summed E-state index contributed by atoms with van der Waals surface area (Å²) in [6, 6.07) is 2.21. The number of halogens is 2. The number of pyridine rings is 1. The van der Waals surface area contributed by atoms with Crippen molar-refractivity contribution in [1.29, 1.82) is 0 Å². The van der Waals surface area contributed by atoms with Gasteiger partial charge in [-0.3, -0.25) is 0 Å². The molecule has 1 saturated carbocycles. The maximum Gasteiger partial charge on any atom is 0.147 e. The van der Waals surface area contributed by atoms with Crippen molar-refractivity contribution in [2.24, 2.45) is 0 Å². The predicted molar refractivity (Wildman–Crippen MR) is 91.6 cm³/mol. The summed E-state index contributed by atoms with van der Waals surface area (Å²) in [5, 5.41) is 8.58. The van der Waals surface area contributed by atoms with E-state index in [1.165, 1.54) is 25.7 Å². The second-order valence-corrected chi connectivity index (χ2v) is 6.99. The molecular formula is C14H21Cl2N3S. The zero-order chi connectivity index (χ0) is 14.5. The Kier molecular flexibility index (Phi) is 6.12. The fourth-order valence-electron chi connectivity index (χ4n) is 2.50. The zero-order valence-corrected chi connectivity index (χ0v) is 14.2. The highest BCUT2D eigenvalue weighted by atomic mass is 35.5. The number of nitrogens with zero attached hydrogens (tertiary/aromatic N) is 1. The van der Waals surface area contributed by atoms with Crippen molar-refractivity contribution < 1.29 is 0 Å². The first-order valence-corrected chi connectivity index (χ1v) is 9.07. The molecule has 0 atom stereocenters. The molecule has 0 aromatic carbocycles. The summed E-state index contributed by atoms with van der Waals surface area (Å²) in [5.74, 6) is 1.43. The first-order valence-electron chi connectivity index (χ1n) is 7.03. The minimum atomic E-state index is 0.457. The molecule has 112 valence electrons. The largest absolute Gasteiger partial charge is 0.369 e. The molecule has 1 aromatic heterocycles. The Morgan fingerprint density at radius 1 is 1.20 bits per heavy atom. The van der Waals surface area contributed by atoms with Crippen molar-refractivity contribution in [2.45, 2.75) is 43.9 Å². The molecule has 0 bridgehead atoms. The third-order valence-corrected chi connectivity index (χ3v) is 5.34. The smallest absolute Gasteiger partial charge is 0.147 e. The van der Waals surface area contributed by atoms with Crippen molar-refractivity contribution in [3.05, 3.63) is 16.1 Å². The summed E-state index contributed by atoms with van der Waals surface area (Å²) in [7, 11) is 0. The van der Waals surface area contributed by atoms with Crippen LogP contribution in [0.4, 0.5) is 11.6 Å². The van der Waals surface area contributed by atoms with Gasteiger partial charge in [0.25, 0.3) is 0 Å². The van der Waals surface area contributed by atoms with Crippen LogP contribution in [-0.2, 0) is 0 Å². The zero-order valence-electron chi connectivity index (χ0n) is 11.9. The molecule has 0 radical (unpaired) electrons. The minimum absolute atomic E-state index is 0.457. The van der Waals surface area contributed by atoms with E-state index in [0.29, 0.717) is 21.9 Å². The van der Waals surface area contributed by atoms with E-state index in [1.807, 2.05) is 18.7 Å². The number of nitrogens with one attached hydrogen (secondary N) is 2. The third-order valence-electron chi connectivity index (χ3n) is 3.62. The topological polar surface area (TPSA) is 37.0 Å². The fraction of sp³-hybridized carbons (Fsp3) is 0.643. The molecular weight excluding hydrogens is 313 g/mol. The molecule has 2 rings (SSSR count). The van der Waals surface area contributed by atoms with Gasteiger partial charge < -0.3 is 10.6 Å². The van der Waals surface area contributed by atoms with E-state index in [4.69, 9.17) is 23.2 Å². The van der Waals surface area contributed by atoms with Gasteiger partial charge in [0.1, 0.15) is 11.6 Å². The summed E-state index contributed by atoms with van der Waals surface area (Å²) in [6.45, 7) is 2.80. The SMILES string of the molecule is CCNc1nc(NC2CCC(SC)CC2)c(Cl)cc1Cl. The molecule has 0 spiro atoms. The molecule has 20 heavy (non-hydrogen) atoms. The Morgan fingerprint density at radius 2 is 1.85 bits per heavy atom. The molecule has 1 fully saturated rings. The Morgan fingerprint density at radius 3 is 2.45 bits per heavy atom. The van der Waals surface area contributed by atoms with Crippen LogP contribution in [0.25, 0.3) is 0 Å². The quantitative estimate of drug-likeness (QED) is 0.802. The van der Waals surface area contributed by atoms with Crippen molar-refractivity contribution >= 4 is 46.6 Å². The van der Waals surface area contributed by atoms with Crippen LogP contribution in [0.1, 0.15) is 32.6 Å². The van der Waals surface area contributed by atoms with Crippen molar-refractivity contribution in [1.82, 2.24) is 4.98 Å². The second kappa shape index (κ2) is 7.62. The van der Waals surface area contributed by atoms with E-state index in [1.54, 1.807) is 6.07 Å². The lowest BCUT2D eigenvalue weighted by Crippen LogP contribution is -2.27. The molecule has 6 heteroatoms. The molecule has 3 nitrogen and oxygen atoms in total. The molecule has 1 heterocycles. The van der Waals surface area contributed by atoms with E-state index < -0.39 is 0 Å². The van der Waals surface area contributed by atoms with Gasteiger partial charge in [-0.2, -0.15) is 11.8 Å². The van der Waals surface area contributed by atoms with Gasteiger partial charge in [0.2, 0.25) is 0 Å². The van der Waals surface area contributed by atoms with Gasteiger partial charge in [-0.15, -0.1) is 0 Å². The van der Waals surface area contributed by atoms with Crippen LogP contribution in [0.5, 0.6) is 0 Å². The second-order valence-electron chi connectivity index (χ2n) is 5.03. The molecule has 0 unspecified atom stereocenters. The van der Waals surface area contributed by atoms with E-state index in [2.05, 4.69) is 21.9 Å². The van der Waals surface area contributed by atoms with E-state index in [-0.39, 0.29) is 0 Å². The van der Waals surface area contributed by atoms with Crippen molar-refractivity contribution in [2.75, 3.05) is 23.4 Å². The van der Waals surface area contributed by atoms with Crippen LogP contribution in [0, 0.1) is 0 Å². The number of hydrogen-bond donors (Lipinski definition) is 2. The number of rotatable bonds is 5. The van der Waals surface area contributed by atoms with Crippen LogP contribution in [0.15, 0.2) is 6.07 Å². The van der Waals surface area contributed by atoms with E-state index in [9.17, 15) is 0 Å². The van der Waals surface area contributed by atoms with Crippen LogP contribution in [0.2, 0.25) is 10.0 Å². The van der Waals surface area contributed by atoms with Crippen LogP contribution in [-0.4, -0.2) is 29.1 Å². The highest BCUT2D eigenvalue weighted by Gasteiger charge is 2.21. The highest BCUT2D eigenvalue weighted by Crippen LogP contribution is 2.32. The van der Waals surface area contributed by atoms with E-state index >= 15 is 0 Å². The maximum atomic E-state index is 6.24. The first kappa shape index (κ1) is 16.1. The summed E-state index contributed by atoms with van der Waals surface area (Å²) >= 11 is 14.3. The summed E-state index contributed by atoms with van der Waals surface area (Å²) in [5.41, 5.74) is 0. The average molecular weight is 334 g/mol. The Hall–Kier alpha value is -0.320. The number of thioether (sulfide) groups is 1. The van der Waals surface area contributed by atoms with Crippen LogP contribution in [0.3, 0.4) is 0 Å². The summed E-state index contributed by atoms with van der Waals surface area (Å²) < 4.78 is 0. The molecule has 0 aliphatic heterocycles. The Balaban J connectivity index is 2.03. The number of hydrogen-bond acceptors (Lipinski definition) is 4. The highest BCUT2D eigenvalue weighted by molar-refractivity contribution is 7.99. The molecule has 0 saturated heterocycles. The fourth-order valence-corrected chi connectivity index (χ4v) is 3.72. The lowest BCUT2D eigenvalue weighted by molar-refractivity contribution is 0.472. The molecule has 1 aliphatic carbocycles. The van der Waals surface area contributed by atoms with Crippen LogP contribution < -0.4 is 10.6 Å². The van der Waals surface area contributed by atoms with E-state index in [0.717, 1.165) is 17.6 Å². The van der Waals surface area contributed by atoms with Gasteiger partial charge >= 0.3 is 0 Å². The predicted octanol–water partition coefficient (Wildman–Crippen LogP) is 4.91. The van der Waals surface area contributed by atoms with Gasteiger partial charge in [0.05, 0.1) is 10.0 Å². The van der Waals surface area contributed by atoms with Gasteiger partial charge in [-0.1, -0.05) is 23.2 Å². The van der Waals surface area contributed by atoms with Gasteiger partial charge in [-0.25, -0.2) is 4.98 Å². The minimum Gasteiger partial charge on any atom is -0.369 e. The average Bonchev–Trinajstić information content (AvgIpc) is 2.45. The lowest BCUT2D eigenvalue weighted by atomic mass is 9.95. The van der Waals surface area contributed by atoms with Gasteiger partial charge in [0, 0.05) is 17.8 Å². The first-order chi connectivity index (χ1) is 9.63. The summed E-state index contributed by atoms with van der Waals surface area (Å²) in [6.07, 6.45) is 7.04. The monoisotopic (exact) mass is 333 g/mol. The van der Waals surface area contributed by atoms with Crippen molar-refractivity contribution in [3.8, 4) is 0 Å². The maximum absolute atomic E-state index is 6.24. The van der Waals surface area contributed by atoms with Crippen LogP contribution >= 0.6 is 35.0 Å². The Labute approximate surface area is 135 Å². The Bertz CT molecular complexity index is 448.